The Morgan fingerprint density at radius 2 is 1.49 bits per heavy atom. The third-order valence-corrected chi connectivity index (χ3v) is 10.1. The van der Waals surface area contributed by atoms with Crippen molar-refractivity contribution in [1.29, 1.82) is 0 Å². The highest BCUT2D eigenvalue weighted by Crippen LogP contribution is 2.43. The lowest BCUT2D eigenvalue weighted by Crippen LogP contribution is -2.38. The third-order valence-electron chi connectivity index (χ3n) is 7.71. The lowest BCUT2D eigenvalue weighted by molar-refractivity contribution is -0.268. The lowest BCUT2D eigenvalue weighted by Gasteiger charge is -2.41. The number of aliphatic hydroxyl groups is 1. The first-order chi connectivity index (χ1) is 21.9. The molecule has 10 nitrogen and oxygen atoms in total. The van der Waals surface area contributed by atoms with Gasteiger partial charge in [-0.05, 0) is 51.4 Å². The molecule has 0 bridgehead atoms. The number of sulfonamides is 1. The summed E-state index contributed by atoms with van der Waals surface area (Å²) in [6.07, 6.45) is -1.14. The van der Waals surface area contributed by atoms with Gasteiger partial charge in [0.05, 0.1) is 29.4 Å². The third kappa shape index (κ3) is 7.33. The highest BCUT2D eigenvalue weighted by atomic mass is 32.2. The van der Waals surface area contributed by atoms with Crippen LogP contribution in [-0.2, 0) is 32.6 Å². The van der Waals surface area contributed by atoms with Gasteiger partial charge >= 0.3 is 0 Å². The van der Waals surface area contributed by atoms with Crippen molar-refractivity contribution in [3.63, 3.8) is 0 Å². The molecule has 2 heterocycles. The fraction of sp³-hybridized carbons (Fsp3) is 0.242. The summed E-state index contributed by atoms with van der Waals surface area (Å²) < 4.78 is 42.8. The Bertz CT molecular complexity index is 1790. The molecule has 0 spiro atoms. The molecule has 1 fully saturated rings. The van der Waals surface area contributed by atoms with Crippen LogP contribution in [0.1, 0.15) is 41.6 Å². The maximum absolute atomic E-state index is 12.7. The molecular formula is C33H33N5O5S2. The Balaban J connectivity index is 1.19. The predicted octanol–water partition coefficient (Wildman–Crippen LogP) is 5.22. The molecule has 1 aromatic heterocycles. The Kier molecular flexibility index (Phi) is 9.69. The molecule has 1 aliphatic heterocycles. The largest absolute Gasteiger partial charge is 0.392 e. The summed E-state index contributed by atoms with van der Waals surface area (Å²) in [5.74, 6) is 0.570. The average Bonchev–Trinajstić information content (AvgIpc) is 3.57. The molecule has 232 valence electrons. The number of nitrogens with zero attached hydrogens (tertiary/aromatic N) is 4. The summed E-state index contributed by atoms with van der Waals surface area (Å²) in [7, 11) is -3.62. The van der Waals surface area contributed by atoms with E-state index in [0.29, 0.717) is 10.9 Å². The minimum absolute atomic E-state index is 0.0125. The van der Waals surface area contributed by atoms with E-state index < -0.39 is 16.3 Å². The summed E-state index contributed by atoms with van der Waals surface area (Å²) in [6.45, 7) is 2.22. The van der Waals surface area contributed by atoms with Crippen molar-refractivity contribution in [1.82, 2.24) is 24.9 Å². The van der Waals surface area contributed by atoms with Crippen LogP contribution in [0.25, 0.3) is 5.69 Å². The van der Waals surface area contributed by atoms with Gasteiger partial charge in [0.25, 0.3) is 0 Å². The second-order valence-corrected chi connectivity index (χ2v) is 13.5. The minimum Gasteiger partial charge on any atom is -0.392 e. The van der Waals surface area contributed by atoms with Crippen molar-refractivity contribution in [2.24, 2.45) is 5.92 Å². The Morgan fingerprint density at radius 3 is 2.18 bits per heavy atom. The number of ether oxygens (including phenoxy) is 2. The van der Waals surface area contributed by atoms with Gasteiger partial charge in [-0.2, -0.15) is 4.68 Å². The first kappa shape index (κ1) is 31.1. The molecule has 45 heavy (non-hydrogen) atoms. The summed E-state index contributed by atoms with van der Waals surface area (Å²) >= 11 is 1.52. The van der Waals surface area contributed by atoms with Crippen LogP contribution in [0, 0.1) is 5.92 Å². The maximum Gasteiger partial charge on any atom is 0.240 e. The topological polar surface area (TPSA) is 128 Å². The molecule has 0 amide bonds. The van der Waals surface area contributed by atoms with Gasteiger partial charge in [0, 0.05) is 23.8 Å². The van der Waals surface area contributed by atoms with Crippen molar-refractivity contribution in [3.05, 3.63) is 131 Å². The SMILES string of the molecule is C[C@H]1[C@@H](CSc2nnnn2-c2ccccc2)O[C@@H](c2ccc(CNS(=O)(=O)c3ccccc3)cc2)O[C@H]1c1ccc(CO)cc1. The molecule has 0 saturated carbocycles. The van der Waals surface area contributed by atoms with Gasteiger partial charge in [0.15, 0.2) is 6.29 Å². The van der Waals surface area contributed by atoms with Crippen LogP contribution < -0.4 is 4.72 Å². The summed E-state index contributed by atoms with van der Waals surface area (Å²) in [5.41, 5.74) is 4.31. The van der Waals surface area contributed by atoms with E-state index in [9.17, 15) is 13.5 Å². The number of rotatable bonds is 11. The molecule has 12 heteroatoms. The molecule has 2 N–H and O–H groups in total. The van der Waals surface area contributed by atoms with Crippen molar-refractivity contribution in [2.75, 3.05) is 5.75 Å². The van der Waals surface area contributed by atoms with E-state index in [1.165, 1.54) is 11.8 Å². The minimum atomic E-state index is -3.62. The molecule has 0 aliphatic carbocycles. The van der Waals surface area contributed by atoms with Gasteiger partial charge in [-0.3, -0.25) is 0 Å². The predicted molar refractivity (Wildman–Crippen MR) is 170 cm³/mol. The van der Waals surface area contributed by atoms with Gasteiger partial charge in [0.1, 0.15) is 0 Å². The fourth-order valence-electron chi connectivity index (χ4n) is 5.12. The highest BCUT2D eigenvalue weighted by molar-refractivity contribution is 7.99. The molecule has 4 aromatic carbocycles. The van der Waals surface area contributed by atoms with E-state index in [2.05, 4.69) is 27.2 Å². The van der Waals surface area contributed by atoms with Gasteiger partial charge < -0.3 is 14.6 Å². The first-order valence-corrected chi connectivity index (χ1v) is 17.0. The zero-order valence-corrected chi connectivity index (χ0v) is 26.1. The van der Waals surface area contributed by atoms with Gasteiger partial charge in [-0.25, -0.2) is 13.1 Å². The van der Waals surface area contributed by atoms with Crippen LogP contribution in [0.5, 0.6) is 0 Å². The van der Waals surface area contributed by atoms with Crippen molar-refractivity contribution < 1.29 is 23.0 Å². The lowest BCUT2D eigenvalue weighted by atomic mass is 9.91. The fourth-order valence-corrected chi connectivity index (χ4v) is 7.21. The van der Waals surface area contributed by atoms with E-state index >= 15 is 0 Å². The summed E-state index contributed by atoms with van der Waals surface area (Å²) in [6, 6.07) is 33.3. The number of benzene rings is 4. The number of hydrogen-bond acceptors (Lipinski definition) is 9. The van der Waals surface area contributed by atoms with Gasteiger partial charge in [-0.1, -0.05) is 104 Å². The average molecular weight is 644 g/mol. The molecule has 5 aromatic rings. The molecule has 1 saturated heterocycles. The van der Waals surface area contributed by atoms with Crippen molar-refractivity contribution in [3.8, 4) is 5.69 Å². The van der Waals surface area contributed by atoms with E-state index in [-0.39, 0.29) is 36.2 Å². The molecule has 0 radical (unpaired) electrons. The second kappa shape index (κ2) is 14.0. The van der Waals surface area contributed by atoms with Crippen molar-refractivity contribution >= 4 is 21.8 Å². The number of thioether (sulfide) groups is 1. The molecular weight excluding hydrogens is 611 g/mol. The van der Waals surface area contributed by atoms with Crippen molar-refractivity contribution in [2.45, 2.75) is 48.6 Å². The second-order valence-electron chi connectivity index (χ2n) is 10.7. The number of tetrazole rings is 1. The zero-order chi connectivity index (χ0) is 31.2. The Labute approximate surface area is 266 Å². The number of aromatic nitrogens is 4. The number of hydrogen-bond donors (Lipinski definition) is 2. The number of aliphatic hydroxyl groups excluding tert-OH is 1. The quantitative estimate of drug-likeness (QED) is 0.186. The van der Waals surface area contributed by atoms with Crippen LogP contribution >= 0.6 is 11.8 Å². The van der Waals surface area contributed by atoms with E-state index in [1.807, 2.05) is 78.9 Å². The van der Waals surface area contributed by atoms with Crippen LogP contribution in [-0.4, -0.2) is 45.6 Å². The summed E-state index contributed by atoms with van der Waals surface area (Å²) in [5, 5.41) is 22.5. The Morgan fingerprint density at radius 1 is 0.844 bits per heavy atom. The standard InChI is InChI=1S/C33H33N5O5S2/c1-23-30(22-44-33-35-36-37-38(33)28-8-4-2-5-9-28)42-32(43-31(23)26-16-14-25(21-39)15-17-26)27-18-12-24(13-19-27)20-34-45(40,41)29-10-6-3-7-11-29/h2-19,23,30-32,34,39H,20-22H2,1H3/t23-,30+,31+,32+/m0/s1. The van der Waals surface area contributed by atoms with E-state index in [4.69, 9.17) is 9.47 Å². The van der Waals surface area contributed by atoms with Crippen LogP contribution in [0.15, 0.2) is 119 Å². The maximum atomic E-state index is 12.7. The van der Waals surface area contributed by atoms with E-state index in [1.54, 1.807) is 35.0 Å². The highest BCUT2D eigenvalue weighted by Gasteiger charge is 2.38. The number of para-hydroxylation sites is 1. The normalized spacial score (nSPS) is 20.2. The number of nitrogens with one attached hydrogen (secondary N) is 1. The van der Waals surface area contributed by atoms with Crippen LogP contribution in [0.3, 0.4) is 0 Å². The monoisotopic (exact) mass is 643 g/mol. The molecule has 6 rings (SSSR count). The first-order valence-electron chi connectivity index (χ1n) is 14.5. The summed E-state index contributed by atoms with van der Waals surface area (Å²) in [4.78, 5) is 0.222. The molecule has 1 aliphatic rings. The van der Waals surface area contributed by atoms with Gasteiger partial charge in [0.2, 0.25) is 15.2 Å². The zero-order valence-electron chi connectivity index (χ0n) is 24.5. The van der Waals surface area contributed by atoms with Crippen LogP contribution in [0.4, 0.5) is 0 Å². The molecule has 0 unspecified atom stereocenters. The smallest absolute Gasteiger partial charge is 0.240 e. The Hall–Kier alpha value is -3.91. The molecule has 4 atom stereocenters. The van der Waals surface area contributed by atoms with E-state index in [0.717, 1.165) is 27.9 Å². The van der Waals surface area contributed by atoms with Gasteiger partial charge in [-0.15, -0.1) is 5.10 Å². The van der Waals surface area contributed by atoms with Crippen LogP contribution in [0.2, 0.25) is 0 Å².